The van der Waals surface area contributed by atoms with E-state index in [0.29, 0.717) is 12.6 Å². The average molecular weight is 480 g/mol. The van der Waals surface area contributed by atoms with E-state index in [0.717, 1.165) is 48.9 Å². The van der Waals surface area contributed by atoms with Crippen molar-refractivity contribution in [1.82, 2.24) is 4.90 Å². The Morgan fingerprint density at radius 3 is 2.11 bits per heavy atom. The molecule has 2 aromatic rings. The summed E-state index contributed by atoms with van der Waals surface area (Å²) in [4.78, 5) is 15.7. The van der Waals surface area contributed by atoms with Crippen molar-refractivity contribution in [2.75, 3.05) is 6.61 Å². The van der Waals surface area contributed by atoms with Gasteiger partial charge in [0.05, 0.1) is 6.04 Å². The number of hydrogen-bond acceptors (Lipinski definition) is 2. The summed E-state index contributed by atoms with van der Waals surface area (Å²) in [6, 6.07) is 17.8. The molecule has 1 amide bonds. The Kier molecular flexibility index (Phi) is 4.92. The predicted molar refractivity (Wildman–Crippen MR) is 142 cm³/mol. The summed E-state index contributed by atoms with van der Waals surface area (Å²) in [6.45, 7) is 0.426. The van der Waals surface area contributed by atoms with Crippen molar-refractivity contribution in [2.45, 2.75) is 75.8 Å². The van der Waals surface area contributed by atoms with E-state index in [2.05, 4.69) is 59.5 Å². The van der Waals surface area contributed by atoms with Crippen LogP contribution < -0.4 is 0 Å². The zero-order valence-corrected chi connectivity index (χ0v) is 21.1. The zero-order chi connectivity index (χ0) is 23.8. The minimum Gasteiger partial charge on any atom is -0.448 e. The van der Waals surface area contributed by atoms with Crippen molar-refractivity contribution in [3.8, 4) is 11.1 Å². The number of hydrogen-bond donors (Lipinski definition) is 0. The van der Waals surface area contributed by atoms with Crippen LogP contribution in [0.15, 0.2) is 60.2 Å². The molecule has 3 heteroatoms. The van der Waals surface area contributed by atoms with Crippen LogP contribution in [0.5, 0.6) is 0 Å². The summed E-state index contributed by atoms with van der Waals surface area (Å²) in [5.74, 6) is 4.83. The third kappa shape index (κ3) is 3.27. The smallest absolute Gasteiger partial charge is 0.410 e. The molecule has 0 N–H and O–H groups in total. The lowest BCUT2D eigenvalue weighted by Gasteiger charge is -2.56. The van der Waals surface area contributed by atoms with Crippen molar-refractivity contribution in [1.29, 1.82) is 0 Å². The quantitative estimate of drug-likeness (QED) is 0.425. The maximum absolute atomic E-state index is 13.6. The second kappa shape index (κ2) is 8.23. The Morgan fingerprint density at radius 2 is 1.47 bits per heavy atom. The lowest BCUT2D eigenvalue weighted by Crippen LogP contribution is -2.54. The largest absolute Gasteiger partial charge is 0.448 e. The lowest BCUT2D eigenvalue weighted by molar-refractivity contribution is -0.0267. The van der Waals surface area contributed by atoms with E-state index >= 15 is 0 Å². The number of piperidine rings is 1. The van der Waals surface area contributed by atoms with Crippen LogP contribution in [0.3, 0.4) is 0 Å². The van der Waals surface area contributed by atoms with Crippen LogP contribution >= 0.6 is 0 Å². The topological polar surface area (TPSA) is 29.5 Å². The first-order chi connectivity index (χ1) is 17.7. The van der Waals surface area contributed by atoms with Crippen molar-refractivity contribution in [3.05, 3.63) is 71.3 Å². The summed E-state index contributed by atoms with van der Waals surface area (Å²) < 4.78 is 6.15. The maximum atomic E-state index is 13.6. The molecular weight excluding hydrogens is 442 g/mol. The molecule has 2 unspecified atom stereocenters. The number of rotatable bonds is 3. The zero-order valence-electron chi connectivity index (χ0n) is 21.1. The van der Waals surface area contributed by atoms with E-state index in [4.69, 9.17) is 4.74 Å². The predicted octanol–water partition coefficient (Wildman–Crippen LogP) is 7.56. The van der Waals surface area contributed by atoms with Gasteiger partial charge in [-0.15, -0.1) is 0 Å². The minimum atomic E-state index is -0.0908. The number of ether oxygens (including phenoxy) is 1. The highest BCUT2D eigenvalue weighted by molar-refractivity contribution is 5.79. The first-order valence-corrected chi connectivity index (χ1v) is 14.6. The fourth-order valence-electron chi connectivity index (χ4n) is 9.79. The molecule has 186 valence electrons. The number of fused-ring (bicyclic) bond motifs is 5. The molecule has 9 rings (SSSR count). The van der Waals surface area contributed by atoms with E-state index in [-0.39, 0.29) is 18.1 Å². The Bertz CT molecular complexity index is 1160. The van der Waals surface area contributed by atoms with Crippen LogP contribution in [0.4, 0.5) is 4.79 Å². The molecule has 2 aliphatic heterocycles. The molecule has 2 heterocycles. The van der Waals surface area contributed by atoms with Gasteiger partial charge in [0, 0.05) is 12.0 Å². The van der Waals surface area contributed by atoms with Crippen molar-refractivity contribution < 1.29 is 9.53 Å². The van der Waals surface area contributed by atoms with Gasteiger partial charge in [-0.05, 0) is 110 Å². The van der Waals surface area contributed by atoms with Gasteiger partial charge in [-0.3, -0.25) is 4.90 Å². The van der Waals surface area contributed by atoms with Crippen LogP contribution in [-0.4, -0.2) is 29.7 Å². The standard InChI is InChI=1S/C33H37NO2/c35-33(36-19-31-29-10-3-1-8-27(29)28-9-2-4-11-30(28)31)34-25-6-5-7-26(34)18-24(17-25)32-22-13-20-12-21(15-22)16-23(32)14-20/h1-4,8-11,17,20-23,25-26,31-32H,5-7,12-16,18-19H2. The second-order valence-electron chi connectivity index (χ2n) is 12.8. The Balaban J connectivity index is 1.02. The van der Waals surface area contributed by atoms with Gasteiger partial charge in [0.2, 0.25) is 0 Å². The molecule has 6 bridgehead atoms. The highest BCUT2D eigenvalue weighted by Crippen LogP contribution is 2.59. The van der Waals surface area contributed by atoms with E-state index in [1.54, 1.807) is 5.57 Å². The van der Waals surface area contributed by atoms with E-state index in [1.807, 2.05) is 0 Å². The summed E-state index contributed by atoms with van der Waals surface area (Å²) in [5, 5.41) is 0. The third-order valence-electron chi connectivity index (χ3n) is 10.9. The maximum Gasteiger partial charge on any atom is 0.410 e. The van der Waals surface area contributed by atoms with Crippen LogP contribution in [0.1, 0.15) is 74.8 Å². The summed E-state index contributed by atoms with van der Waals surface area (Å²) >= 11 is 0. The van der Waals surface area contributed by atoms with Crippen LogP contribution in [0.25, 0.3) is 11.1 Å². The number of amides is 1. The van der Waals surface area contributed by atoms with Gasteiger partial charge in [0.1, 0.15) is 6.61 Å². The summed E-state index contributed by atoms with van der Waals surface area (Å²) in [5.41, 5.74) is 6.87. The first-order valence-electron chi connectivity index (χ1n) is 14.6. The van der Waals surface area contributed by atoms with E-state index < -0.39 is 0 Å². The Labute approximate surface area is 214 Å². The first kappa shape index (κ1) is 21.5. The fourth-order valence-corrected chi connectivity index (χ4v) is 9.79. The van der Waals surface area contributed by atoms with Gasteiger partial charge >= 0.3 is 6.09 Å². The summed E-state index contributed by atoms with van der Waals surface area (Å²) in [7, 11) is 0. The molecular formula is C33H37NO2. The molecule has 0 aromatic heterocycles. The molecule has 5 aliphatic carbocycles. The van der Waals surface area contributed by atoms with Gasteiger partial charge in [0.25, 0.3) is 0 Å². The monoisotopic (exact) mass is 479 g/mol. The van der Waals surface area contributed by atoms with Crippen molar-refractivity contribution in [2.24, 2.45) is 29.6 Å². The minimum absolute atomic E-state index is 0.0908. The molecule has 1 saturated heterocycles. The Hall–Kier alpha value is -2.55. The number of nitrogens with zero attached hydrogens (tertiary/aromatic N) is 1. The van der Waals surface area contributed by atoms with E-state index in [9.17, 15) is 4.79 Å². The highest BCUT2D eigenvalue weighted by atomic mass is 16.6. The SMILES string of the molecule is O=C(OCC1c2ccccc2-c2ccccc21)N1C2C=C(C3C4CC5CC(C4)CC3C5)CC1CCC2. The third-order valence-corrected chi connectivity index (χ3v) is 10.9. The van der Waals surface area contributed by atoms with Crippen LogP contribution in [-0.2, 0) is 4.74 Å². The number of carbonyl (C=O) groups is 1. The average Bonchev–Trinajstić information content (AvgIpc) is 3.20. The molecule has 5 fully saturated rings. The van der Waals surface area contributed by atoms with Crippen LogP contribution in [0, 0.1) is 29.6 Å². The van der Waals surface area contributed by atoms with Gasteiger partial charge in [-0.1, -0.05) is 60.2 Å². The second-order valence-corrected chi connectivity index (χ2v) is 12.8. The molecule has 4 saturated carbocycles. The molecule has 0 radical (unpaired) electrons. The highest BCUT2D eigenvalue weighted by Gasteiger charge is 2.51. The molecule has 3 nitrogen and oxygen atoms in total. The molecule has 36 heavy (non-hydrogen) atoms. The molecule has 0 spiro atoms. The fraction of sp³-hybridized carbons (Fsp3) is 0.545. The van der Waals surface area contributed by atoms with Crippen molar-refractivity contribution in [3.63, 3.8) is 0 Å². The lowest BCUT2D eigenvalue weighted by atomic mass is 9.50. The van der Waals surface area contributed by atoms with Crippen LogP contribution in [0.2, 0.25) is 0 Å². The molecule has 2 aromatic carbocycles. The Morgan fingerprint density at radius 1 is 0.833 bits per heavy atom. The van der Waals surface area contributed by atoms with Gasteiger partial charge in [-0.2, -0.15) is 0 Å². The van der Waals surface area contributed by atoms with Crippen molar-refractivity contribution >= 4 is 6.09 Å². The van der Waals surface area contributed by atoms with Gasteiger partial charge < -0.3 is 4.74 Å². The van der Waals surface area contributed by atoms with E-state index in [1.165, 1.54) is 60.8 Å². The number of benzene rings is 2. The normalized spacial score (nSPS) is 35.8. The molecule has 7 aliphatic rings. The van der Waals surface area contributed by atoms with Gasteiger partial charge in [-0.25, -0.2) is 4.79 Å². The van der Waals surface area contributed by atoms with Gasteiger partial charge in [0.15, 0.2) is 0 Å². The molecule has 2 atom stereocenters. The summed E-state index contributed by atoms with van der Waals surface area (Å²) in [6.07, 6.45) is 14.4. The number of carbonyl (C=O) groups excluding carboxylic acids is 1.